The third-order valence-corrected chi connectivity index (χ3v) is 5.16. The Hall–Kier alpha value is -3.75. The molecule has 0 saturated heterocycles. The molecule has 0 saturated carbocycles. The number of amides is 1. The summed E-state index contributed by atoms with van der Waals surface area (Å²) in [5.74, 6) is 0.363. The lowest BCUT2D eigenvalue weighted by molar-refractivity contribution is -0.112. The number of benzene rings is 3. The van der Waals surface area contributed by atoms with Gasteiger partial charge in [0.25, 0.3) is 5.91 Å². The topological polar surface area (TPSA) is 71.3 Å². The van der Waals surface area contributed by atoms with E-state index in [0.29, 0.717) is 41.0 Å². The number of halogens is 1. The molecule has 6 heteroatoms. The molecular weight excluding hydrogens is 436 g/mol. The molecule has 0 aliphatic rings. The van der Waals surface area contributed by atoms with Crippen molar-refractivity contribution in [3.63, 3.8) is 0 Å². The Kier molecular flexibility index (Phi) is 8.12. The highest BCUT2D eigenvalue weighted by Gasteiger charge is 2.15. The van der Waals surface area contributed by atoms with Crippen LogP contribution in [0.4, 0.5) is 5.69 Å². The second-order valence-electron chi connectivity index (χ2n) is 7.48. The third-order valence-electron chi connectivity index (χ3n) is 4.88. The van der Waals surface area contributed by atoms with Gasteiger partial charge in [-0.25, -0.2) is 0 Å². The highest BCUT2D eigenvalue weighted by Crippen LogP contribution is 2.38. The van der Waals surface area contributed by atoms with E-state index in [2.05, 4.69) is 5.32 Å². The van der Waals surface area contributed by atoms with E-state index in [4.69, 9.17) is 21.1 Å². The zero-order valence-electron chi connectivity index (χ0n) is 18.8. The fraction of sp³-hybridized carbons (Fsp3) is 0.185. The van der Waals surface area contributed by atoms with E-state index in [9.17, 15) is 10.1 Å². The molecule has 0 bridgehead atoms. The molecule has 0 aromatic heterocycles. The summed E-state index contributed by atoms with van der Waals surface area (Å²) in [5, 5.41) is 12.7. The van der Waals surface area contributed by atoms with E-state index in [0.717, 1.165) is 16.7 Å². The largest absolute Gasteiger partial charge is 0.490 e. The molecule has 0 fully saturated rings. The lowest BCUT2D eigenvalue weighted by Gasteiger charge is -2.15. The van der Waals surface area contributed by atoms with Crippen LogP contribution in [0, 0.1) is 25.2 Å². The molecule has 3 aromatic rings. The van der Waals surface area contributed by atoms with Gasteiger partial charge in [0.15, 0.2) is 11.5 Å². The maximum atomic E-state index is 12.7. The minimum atomic E-state index is -0.496. The van der Waals surface area contributed by atoms with E-state index in [1.807, 2.05) is 75.4 Å². The number of ether oxygens (including phenoxy) is 2. The molecule has 0 atom stereocenters. The highest BCUT2D eigenvalue weighted by molar-refractivity contribution is 6.32. The Morgan fingerprint density at radius 3 is 2.55 bits per heavy atom. The number of aryl methyl sites for hydroxylation is 2. The second-order valence-corrected chi connectivity index (χ2v) is 7.89. The molecular formula is C27H25ClN2O3. The zero-order valence-corrected chi connectivity index (χ0v) is 19.6. The standard InChI is InChI=1S/C27H25ClN2O3/c1-4-32-25-15-21(14-23(28)26(25)33-17-20-8-6-5-7-9-20)13-22(16-29)27(31)30-24-12-18(2)10-11-19(24)3/h5-15H,4,17H2,1-3H3,(H,30,31)/b22-13+. The summed E-state index contributed by atoms with van der Waals surface area (Å²) >= 11 is 6.49. The number of nitrogens with zero attached hydrogens (tertiary/aromatic N) is 1. The average molecular weight is 461 g/mol. The van der Waals surface area contributed by atoms with Gasteiger partial charge in [0.2, 0.25) is 0 Å². The molecule has 0 radical (unpaired) electrons. The molecule has 3 rings (SSSR count). The van der Waals surface area contributed by atoms with Crippen LogP contribution in [0.3, 0.4) is 0 Å². The van der Waals surface area contributed by atoms with Crippen molar-refractivity contribution in [1.29, 1.82) is 5.26 Å². The van der Waals surface area contributed by atoms with Gasteiger partial charge >= 0.3 is 0 Å². The van der Waals surface area contributed by atoms with E-state index in [1.165, 1.54) is 6.08 Å². The number of nitrogens with one attached hydrogen (secondary N) is 1. The maximum Gasteiger partial charge on any atom is 0.266 e. The first-order valence-corrected chi connectivity index (χ1v) is 10.9. The lowest BCUT2D eigenvalue weighted by Crippen LogP contribution is -2.14. The van der Waals surface area contributed by atoms with E-state index >= 15 is 0 Å². The van der Waals surface area contributed by atoms with Crippen LogP contribution in [0.15, 0.2) is 66.2 Å². The first-order chi connectivity index (χ1) is 15.9. The van der Waals surface area contributed by atoms with Crippen LogP contribution in [0.5, 0.6) is 11.5 Å². The Bertz CT molecular complexity index is 1210. The fourth-order valence-corrected chi connectivity index (χ4v) is 3.45. The smallest absolute Gasteiger partial charge is 0.266 e. The van der Waals surface area contributed by atoms with Gasteiger partial charge in [-0.15, -0.1) is 0 Å². The molecule has 3 aromatic carbocycles. The SMILES string of the molecule is CCOc1cc(/C=C(\C#N)C(=O)Nc2cc(C)ccc2C)cc(Cl)c1OCc1ccccc1. The summed E-state index contributed by atoms with van der Waals surface area (Å²) in [5.41, 5.74) is 4.09. The van der Waals surface area contributed by atoms with Crippen LogP contribution >= 0.6 is 11.6 Å². The molecule has 0 aliphatic heterocycles. The summed E-state index contributed by atoms with van der Waals surface area (Å²) in [4.78, 5) is 12.7. The van der Waals surface area contributed by atoms with Crippen molar-refractivity contribution in [2.75, 3.05) is 11.9 Å². The Morgan fingerprint density at radius 2 is 1.85 bits per heavy atom. The molecule has 0 spiro atoms. The normalized spacial score (nSPS) is 10.9. The van der Waals surface area contributed by atoms with Gasteiger partial charge in [0.1, 0.15) is 18.2 Å². The van der Waals surface area contributed by atoms with Crippen molar-refractivity contribution in [2.45, 2.75) is 27.4 Å². The van der Waals surface area contributed by atoms with Crippen LogP contribution in [0.2, 0.25) is 5.02 Å². The monoisotopic (exact) mass is 460 g/mol. The Morgan fingerprint density at radius 1 is 1.09 bits per heavy atom. The van der Waals surface area contributed by atoms with Crippen LogP contribution in [-0.2, 0) is 11.4 Å². The number of hydrogen-bond acceptors (Lipinski definition) is 4. The lowest BCUT2D eigenvalue weighted by atomic mass is 10.1. The van der Waals surface area contributed by atoms with Gasteiger partial charge in [-0.2, -0.15) is 5.26 Å². The van der Waals surface area contributed by atoms with Gasteiger partial charge in [-0.05, 0) is 67.3 Å². The van der Waals surface area contributed by atoms with E-state index in [1.54, 1.807) is 12.1 Å². The van der Waals surface area contributed by atoms with Crippen LogP contribution in [-0.4, -0.2) is 12.5 Å². The van der Waals surface area contributed by atoms with Crippen molar-refractivity contribution in [1.82, 2.24) is 0 Å². The molecule has 0 aliphatic carbocycles. The number of carbonyl (C=O) groups is 1. The van der Waals surface area contributed by atoms with Crippen molar-refractivity contribution in [3.05, 3.63) is 93.5 Å². The molecule has 5 nitrogen and oxygen atoms in total. The minimum Gasteiger partial charge on any atom is -0.490 e. The van der Waals surface area contributed by atoms with Crippen LogP contribution in [0.25, 0.3) is 6.08 Å². The first-order valence-electron chi connectivity index (χ1n) is 10.5. The summed E-state index contributed by atoms with van der Waals surface area (Å²) in [6, 6.07) is 20.8. The maximum absolute atomic E-state index is 12.7. The number of anilines is 1. The van der Waals surface area contributed by atoms with Gasteiger partial charge in [0.05, 0.1) is 11.6 Å². The Labute approximate surface area is 199 Å². The first kappa shape index (κ1) is 23.9. The van der Waals surface area contributed by atoms with Crippen LogP contribution < -0.4 is 14.8 Å². The summed E-state index contributed by atoms with van der Waals surface area (Å²) in [6.45, 7) is 6.43. The molecule has 0 unspecified atom stereocenters. The van der Waals surface area contributed by atoms with E-state index in [-0.39, 0.29) is 5.57 Å². The van der Waals surface area contributed by atoms with Gasteiger partial charge in [-0.3, -0.25) is 4.79 Å². The predicted molar refractivity (Wildman–Crippen MR) is 132 cm³/mol. The zero-order chi connectivity index (χ0) is 23.8. The van der Waals surface area contributed by atoms with Crippen LogP contribution in [0.1, 0.15) is 29.2 Å². The highest BCUT2D eigenvalue weighted by atomic mass is 35.5. The number of nitriles is 1. The Balaban J connectivity index is 1.86. The summed E-state index contributed by atoms with van der Waals surface area (Å²) < 4.78 is 11.6. The summed E-state index contributed by atoms with van der Waals surface area (Å²) in [7, 11) is 0. The second kappa shape index (κ2) is 11.2. The van der Waals surface area contributed by atoms with Gasteiger partial charge in [0, 0.05) is 5.69 Å². The fourth-order valence-electron chi connectivity index (χ4n) is 3.18. The van der Waals surface area contributed by atoms with Crippen molar-refractivity contribution < 1.29 is 14.3 Å². The molecule has 0 heterocycles. The van der Waals surface area contributed by atoms with Crippen molar-refractivity contribution in [3.8, 4) is 17.6 Å². The third kappa shape index (κ3) is 6.38. The summed E-state index contributed by atoms with van der Waals surface area (Å²) in [6.07, 6.45) is 1.48. The van der Waals surface area contributed by atoms with Gasteiger partial charge < -0.3 is 14.8 Å². The molecule has 168 valence electrons. The quantitative estimate of drug-likeness (QED) is 0.308. The molecule has 1 N–H and O–H groups in total. The van der Waals surface area contributed by atoms with Gasteiger partial charge in [-0.1, -0.05) is 54.1 Å². The molecule has 33 heavy (non-hydrogen) atoms. The predicted octanol–water partition coefficient (Wildman–Crippen LogP) is 6.48. The number of hydrogen-bond donors (Lipinski definition) is 1. The molecule has 1 amide bonds. The number of rotatable bonds is 8. The minimum absolute atomic E-state index is 0.0487. The van der Waals surface area contributed by atoms with Crippen molar-refractivity contribution >= 4 is 29.3 Å². The van der Waals surface area contributed by atoms with E-state index < -0.39 is 5.91 Å². The van der Waals surface area contributed by atoms with Crippen molar-refractivity contribution in [2.24, 2.45) is 0 Å². The average Bonchev–Trinajstić information content (AvgIpc) is 2.80. The number of carbonyl (C=O) groups excluding carboxylic acids is 1.